The largest absolute Gasteiger partial charge is 0.474 e. The van der Waals surface area contributed by atoms with E-state index in [1.54, 1.807) is 0 Å². The van der Waals surface area contributed by atoms with Crippen LogP contribution in [0.3, 0.4) is 0 Å². The second kappa shape index (κ2) is 3.80. The highest BCUT2D eigenvalue weighted by Gasteiger charge is 2.31. The van der Waals surface area contributed by atoms with Crippen molar-refractivity contribution in [2.75, 3.05) is 26.3 Å². The number of aliphatic imine (C=N–C) groups is 1. The number of hydrazine groups is 1. The Kier molecular flexibility index (Phi) is 2.32. The molecular formula is C9H14N4O2. The SMILES string of the molecule is C1=CNN(C2COC(C3NCCO3)=N2)C1. The number of hydrogen-bond donors (Lipinski definition) is 2. The number of hydrogen-bond acceptors (Lipinski definition) is 6. The third-order valence-corrected chi connectivity index (χ3v) is 2.62. The van der Waals surface area contributed by atoms with Crippen molar-refractivity contribution < 1.29 is 9.47 Å². The Morgan fingerprint density at radius 2 is 2.53 bits per heavy atom. The average Bonchev–Trinajstić information content (AvgIpc) is 3.02. The maximum Gasteiger partial charge on any atom is 0.230 e. The molecule has 82 valence electrons. The van der Waals surface area contributed by atoms with Crippen LogP contribution in [0.5, 0.6) is 0 Å². The van der Waals surface area contributed by atoms with Crippen molar-refractivity contribution in [2.45, 2.75) is 12.4 Å². The fourth-order valence-corrected chi connectivity index (χ4v) is 1.84. The molecule has 6 nitrogen and oxygen atoms in total. The highest BCUT2D eigenvalue weighted by atomic mass is 16.6. The van der Waals surface area contributed by atoms with Crippen LogP contribution in [0.2, 0.25) is 0 Å². The Morgan fingerprint density at radius 1 is 1.53 bits per heavy atom. The van der Waals surface area contributed by atoms with Gasteiger partial charge in [0.15, 0.2) is 12.4 Å². The van der Waals surface area contributed by atoms with E-state index >= 15 is 0 Å². The molecule has 2 atom stereocenters. The van der Waals surface area contributed by atoms with Gasteiger partial charge in [0.25, 0.3) is 0 Å². The van der Waals surface area contributed by atoms with E-state index in [0.717, 1.165) is 19.7 Å². The summed E-state index contributed by atoms with van der Waals surface area (Å²) in [6.07, 6.45) is 3.88. The molecule has 1 fully saturated rings. The van der Waals surface area contributed by atoms with Crippen LogP contribution in [0.15, 0.2) is 17.3 Å². The molecule has 2 unspecified atom stereocenters. The molecule has 3 aliphatic heterocycles. The summed E-state index contributed by atoms with van der Waals surface area (Å²) in [6, 6.07) is 0. The van der Waals surface area contributed by atoms with E-state index < -0.39 is 0 Å². The third kappa shape index (κ3) is 1.71. The van der Waals surface area contributed by atoms with Crippen LogP contribution in [-0.2, 0) is 9.47 Å². The van der Waals surface area contributed by atoms with Crippen LogP contribution in [0.25, 0.3) is 0 Å². The highest BCUT2D eigenvalue weighted by Crippen LogP contribution is 2.13. The summed E-state index contributed by atoms with van der Waals surface area (Å²) >= 11 is 0. The molecule has 0 aromatic rings. The maximum absolute atomic E-state index is 5.51. The minimum atomic E-state index is -0.148. The normalized spacial score (nSPS) is 35.3. The molecule has 0 spiro atoms. The van der Waals surface area contributed by atoms with Crippen molar-refractivity contribution in [1.82, 2.24) is 15.8 Å². The van der Waals surface area contributed by atoms with Crippen LogP contribution >= 0.6 is 0 Å². The van der Waals surface area contributed by atoms with E-state index in [0.29, 0.717) is 12.5 Å². The van der Waals surface area contributed by atoms with Gasteiger partial charge in [0.2, 0.25) is 5.90 Å². The van der Waals surface area contributed by atoms with Gasteiger partial charge in [0.1, 0.15) is 6.61 Å². The van der Waals surface area contributed by atoms with Gasteiger partial charge >= 0.3 is 0 Å². The van der Waals surface area contributed by atoms with Crippen molar-refractivity contribution >= 4 is 5.90 Å². The van der Waals surface area contributed by atoms with Gasteiger partial charge in [-0.1, -0.05) is 6.08 Å². The molecule has 3 aliphatic rings. The zero-order chi connectivity index (χ0) is 10.1. The summed E-state index contributed by atoms with van der Waals surface area (Å²) < 4.78 is 10.9. The molecule has 0 radical (unpaired) electrons. The molecule has 2 N–H and O–H groups in total. The second-order valence-corrected chi connectivity index (χ2v) is 3.65. The summed E-state index contributed by atoms with van der Waals surface area (Å²) in [4.78, 5) is 4.48. The third-order valence-electron chi connectivity index (χ3n) is 2.62. The number of ether oxygens (including phenoxy) is 2. The zero-order valence-corrected chi connectivity index (χ0v) is 8.35. The molecule has 1 saturated heterocycles. The van der Waals surface area contributed by atoms with E-state index in [2.05, 4.69) is 21.8 Å². The molecule has 3 rings (SSSR count). The first-order valence-electron chi connectivity index (χ1n) is 5.17. The topological polar surface area (TPSA) is 58.1 Å². The van der Waals surface area contributed by atoms with Gasteiger partial charge in [0, 0.05) is 19.3 Å². The summed E-state index contributed by atoms with van der Waals surface area (Å²) in [5.41, 5.74) is 3.11. The van der Waals surface area contributed by atoms with E-state index in [9.17, 15) is 0 Å². The zero-order valence-electron chi connectivity index (χ0n) is 8.35. The van der Waals surface area contributed by atoms with Crippen LogP contribution in [0, 0.1) is 0 Å². The van der Waals surface area contributed by atoms with E-state index in [-0.39, 0.29) is 12.4 Å². The second-order valence-electron chi connectivity index (χ2n) is 3.65. The molecule has 0 saturated carbocycles. The number of nitrogens with one attached hydrogen (secondary N) is 2. The van der Waals surface area contributed by atoms with E-state index in [1.165, 1.54) is 0 Å². The summed E-state index contributed by atoms with van der Waals surface area (Å²) in [5.74, 6) is 0.672. The van der Waals surface area contributed by atoms with Crippen LogP contribution in [-0.4, -0.2) is 49.6 Å². The first-order valence-corrected chi connectivity index (χ1v) is 5.17. The first kappa shape index (κ1) is 9.14. The molecule has 0 aliphatic carbocycles. The Hall–Kier alpha value is -1.11. The van der Waals surface area contributed by atoms with Gasteiger partial charge in [-0.2, -0.15) is 5.01 Å². The van der Waals surface area contributed by atoms with Gasteiger partial charge in [0.05, 0.1) is 6.61 Å². The van der Waals surface area contributed by atoms with Crippen molar-refractivity contribution in [2.24, 2.45) is 4.99 Å². The van der Waals surface area contributed by atoms with Crippen LogP contribution in [0.1, 0.15) is 0 Å². The van der Waals surface area contributed by atoms with Gasteiger partial charge < -0.3 is 14.9 Å². The van der Waals surface area contributed by atoms with Gasteiger partial charge in [-0.05, 0) is 0 Å². The predicted octanol–water partition coefficient (Wildman–Crippen LogP) is -0.979. The standard InChI is InChI=1S/C9H14N4O2/c1-2-11-13(4-1)7-6-15-9(12-7)8-10-3-5-14-8/h1-2,7-8,10-11H,3-6H2. The molecule has 15 heavy (non-hydrogen) atoms. The van der Waals surface area contributed by atoms with Gasteiger partial charge in [-0.25, -0.2) is 4.99 Å². The smallest absolute Gasteiger partial charge is 0.230 e. The molecule has 0 amide bonds. The first-order chi connectivity index (χ1) is 7.43. The fourth-order valence-electron chi connectivity index (χ4n) is 1.84. The molecule has 6 heteroatoms. The van der Waals surface area contributed by atoms with E-state index in [4.69, 9.17) is 9.47 Å². The Labute approximate surface area is 87.9 Å². The summed E-state index contributed by atoms with van der Waals surface area (Å²) in [5, 5.41) is 5.21. The molecule has 0 bridgehead atoms. The monoisotopic (exact) mass is 210 g/mol. The number of rotatable bonds is 2. The van der Waals surface area contributed by atoms with Crippen molar-refractivity contribution in [3.63, 3.8) is 0 Å². The van der Waals surface area contributed by atoms with Gasteiger partial charge in [-0.15, -0.1) is 0 Å². The molecule has 0 aromatic heterocycles. The molecular weight excluding hydrogens is 196 g/mol. The quantitative estimate of drug-likeness (QED) is 0.613. The lowest BCUT2D eigenvalue weighted by Crippen LogP contribution is -2.39. The average molecular weight is 210 g/mol. The molecule has 0 aromatic carbocycles. The Balaban J connectivity index is 1.63. The van der Waals surface area contributed by atoms with E-state index in [1.807, 2.05) is 11.2 Å². The lowest BCUT2D eigenvalue weighted by Gasteiger charge is -2.18. The predicted molar refractivity (Wildman–Crippen MR) is 53.9 cm³/mol. The lowest BCUT2D eigenvalue weighted by molar-refractivity contribution is 0.119. The molecule has 3 heterocycles. The minimum absolute atomic E-state index is 0.0565. The van der Waals surface area contributed by atoms with Crippen molar-refractivity contribution in [3.05, 3.63) is 12.3 Å². The summed E-state index contributed by atoms with van der Waals surface area (Å²) in [6.45, 7) is 3.04. The van der Waals surface area contributed by atoms with Gasteiger partial charge in [-0.3, -0.25) is 5.32 Å². The van der Waals surface area contributed by atoms with Crippen molar-refractivity contribution in [3.8, 4) is 0 Å². The maximum atomic E-state index is 5.51. The number of nitrogens with zero attached hydrogens (tertiary/aromatic N) is 2. The minimum Gasteiger partial charge on any atom is -0.474 e. The lowest BCUT2D eigenvalue weighted by atomic mass is 10.5. The van der Waals surface area contributed by atoms with Crippen LogP contribution in [0.4, 0.5) is 0 Å². The Bertz CT molecular complexity index is 290. The summed E-state index contributed by atoms with van der Waals surface area (Å²) in [7, 11) is 0. The Morgan fingerprint density at radius 3 is 3.27 bits per heavy atom. The fraction of sp³-hybridized carbons (Fsp3) is 0.667. The highest BCUT2D eigenvalue weighted by molar-refractivity contribution is 5.82. The van der Waals surface area contributed by atoms with Crippen LogP contribution < -0.4 is 10.7 Å². The van der Waals surface area contributed by atoms with Crippen molar-refractivity contribution in [1.29, 1.82) is 0 Å².